The van der Waals surface area contributed by atoms with Crippen molar-refractivity contribution < 1.29 is 0 Å². The van der Waals surface area contributed by atoms with Gasteiger partial charge in [0.25, 0.3) is 5.56 Å². The van der Waals surface area contributed by atoms with Crippen molar-refractivity contribution in [3.8, 4) is 0 Å². The number of nitrogens with zero attached hydrogens (tertiary/aromatic N) is 4. The Morgan fingerprint density at radius 3 is 2.39 bits per heavy atom. The lowest BCUT2D eigenvalue weighted by molar-refractivity contribution is 0.198. The van der Waals surface area contributed by atoms with Gasteiger partial charge in [-0.25, -0.2) is 9.50 Å². The van der Waals surface area contributed by atoms with Crippen molar-refractivity contribution in [1.29, 1.82) is 0 Å². The predicted octanol–water partition coefficient (Wildman–Crippen LogP) is 5.27. The molecule has 186 valence electrons. The molecule has 2 aromatic heterocycles. The van der Waals surface area contributed by atoms with E-state index in [0.29, 0.717) is 12.5 Å². The molecule has 2 aromatic carbocycles. The van der Waals surface area contributed by atoms with Crippen LogP contribution in [-0.2, 0) is 26.1 Å². The van der Waals surface area contributed by atoms with Crippen LogP contribution in [0.3, 0.4) is 0 Å². The van der Waals surface area contributed by atoms with Crippen molar-refractivity contribution in [1.82, 2.24) is 24.4 Å². The van der Waals surface area contributed by atoms with E-state index in [9.17, 15) is 4.79 Å². The van der Waals surface area contributed by atoms with E-state index in [1.807, 2.05) is 36.4 Å². The van der Waals surface area contributed by atoms with Gasteiger partial charge in [-0.15, -0.1) is 0 Å². The van der Waals surface area contributed by atoms with Gasteiger partial charge in [0.15, 0.2) is 5.65 Å². The summed E-state index contributed by atoms with van der Waals surface area (Å²) in [5, 5.41) is 4.92. The first-order chi connectivity index (χ1) is 17.5. The Morgan fingerprint density at radius 2 is 1.67 bits per heavy atom. The second kappa shape index (κ2) is 10.0. The van der Waals surface area contributed by atoms with E-state index in [0.717, 1.165) is 90.2 Å². The highest BCUT2D eigenvalue weighted by Gasteiger charge is 2.26. The molecule has 0 aliphatic carbocycles. The maximum atomic E-state index is 13.5. The molecule has 1 atom stereocenters. The van der Waals surface area contributed by atoms with Gasteiger partial charge in [0.2, 0.25) is 0 Å². The Kier molecular flexibility index (Phi) is 6.61. The SMILES string of the molecule is O=c1c2c(nc3cc([C@@H]4CCCN(Cc5cccc(Cl)c5)C4)[nH]n13)CCN(Cc1cccc(Cl)c1)C2. The van der Waals surface area contributed by atoms with Gasteiger partial charge >= 0.3 is 0 Å². The van der Waals surface area contributed by atoms with Crippen LogP contribution in [-0.4, -0.2) is 44.0 Å². The number of halogens is 2. The van der Waals surface area contributed by atoms with E-state index in [2.05, 4.69) is 33.1 Å². The van der Waals surface area contributed by atoms with Crippen LogP contribution in [0.25, 0.3) is 5.65 Å². The summed E-state index contributed by atoms with van der Waals surface area (Å²) in [6, 6.07) is 18.1. The first kappa shape index (κ1) is 23.7. The highest BCUT2D eigenvalue weighted by molar-refractivity contribution is 6.30. The molecule has 0 amide bonds. The Morgan fingerprint density at radius 1 is 0.944 bits per heavy atom. The number of fused-ring (bicyclic) bond motifs is 2. The molecule has 6 rings (SSSR count). The number of H-pyrrole nitrogens is 1. The summed E-state index contributed by atoms with van der Waals surface area (Å²) in [6.45, 7) is 5.14. The monoisotopic (exact) mass is 521 g/mol. The zero-order valence-corrected chi connectivity index (χ0v) is 21.6. The van der Waals surface area contributed by atoms with Gasteiger partial charge in [0.1, 0.15) is 0 Å². The number of aromatic amines is 1. The number of rotatable bonds is 5. The summed E-state index contributed by atoms with van der Waals surface area (Å²) in [5.41, 5.74) is 5.94. The minimum absolute atomic E-state index is 0.0173. The molecule has 1 N–H and O–H groups in total. The molecule has 0 bridgehead atoms. The van der Waals surface area contributed by atoms with Crippen LogP contribution >= 0.6 is 23.2 Å². The van der Waals surface area contributed by atoms with E-state index in [4.69, 9.17) is 28.2 Å². The third-order valence-electron chi connectivity index (χ3n) is 7.40. The zero-order valence-electron chi connectivity index (χ0n) is 20.1. The average molecular weight is 522 g/mol. The minimum Gasteiger partial charge on any atom is -0.298 e. The highest BCUT2D eigenvalue weighted by Crippen LogP contribution is 2.28. The van der Waals surface area contributed by atoms with Crippen LogP contribution in [0.2, 0.25) is 10.0 Å². The number of piperidine rings is 1. The summed E-state index contributed by atoms with van der Waals surface area (Å²) >= 11 is 12.3. The molecule has 1 fully saturated rings. The summed E-state index contributed by atoms with van der Waals surface area (Å²) < 4.78 is 1.65. The summed E-state index contributed by atoms with van der Waals surface area (Å²) in [7, 11) is 0. The number of likely N-dealkylation sites (tertiary alicyclic amines) is 1. The van der Waals surface area contributed by atoms with Gasteiger partial charge in [-0.3, -0.25) is 19.7 Å². The fourth-order valence-electron chi connectivity index (χ4n) is 5.64. The molecule has 6 nitrogen and oxygen atoms in total. The minimum atomic E-state index is 0.0173. The Hall–Kier alpha value is -2.64. The van der Waals surface area contributed by atoms with Crippen molar-refractivity contribution >= 4 is 28.8 Å². The van der Waals surface area contributed by atoms with Gasteiger partial charge in [-0.1, -0.05) is 47.5 Å². The lowest BCUT2D eigenvalue weighted by Crippen LogP contribution is -2.36. The fraction of sp³-hybridized carbons (Fsp3) is 0.357. The average Bonchev–Trinajstić information content (AvgIpc) is 3.29. The van der Waals surface area contributed by atoms with E-state index < -0.39 is 0 Å². The van der Waals surface area contributed by atoms with Crippen LogP contribution in [0.5, 0.6) is 0 Å². The molecule has 0 spiro atoms. The topological polar surface area (TPSA) is 56.6 Å². The van der Waals surface area contributed by atoms with E-state index in [-0.39, 0.29) is 5.56 Å². The molecule has 4 heterocycles. The summed E-state index contributed by atoms with van der Waals surface area (Å²) in [5.74, 6) is 0.343. The molecule has 0 unspecified atom stereocenters. The van der Waals surface area contributed by atoms with E-state index >= 15 is 0 Å². The van der Waals surface area contributed by atoms with Gasteiger partial charge in [0.05, 0.1) is 11.3 Å². The number of benzene rings is 2. The molecule has 2 aliphatic rings. The lowest BCUT2D eigenvalue weighted by atomic mass is 9.94. The molecule has 0 radical (unpaired) electrons. The largest absolute Gasteiger partial charge is 0.298 e. The molecule has 4 aromatic rings. The van der Waals surface area contributed by atoms with Crippen molar-refractivity contribution in [2.24, 2.45) is 0 Å². The van der Waals surface area contributed by atoms with Crippen LogP contribution in [0.1, 0.15) is 46.8 Å². The maximum Gasteiger partial charge on any atom is 0.277 e. The second-order valence-corrected chi connectivity index (χ2v) is 10.9. The third kappa shape index (κ3) is 4.96. The van der Waals surface area contributed by atoms with Gasteiger partial charge in [-0.2, -0.15) is 0 Å². The normalized spacial score (nSPS) is 19.0. The molecule has 0 saturated carbocycles. The Bertz CT molecular complexity index is 1460. The molecule has 36 heavy (non-hydrogen) atoms. The van der Waals surface area contributed by atoms with Crippen molar-refractivity contribution in [3.63, 3.8) is 0 Å². The quantitative estimate of drug-likeness (QED) is 0.388. The standard InChI is InChI=1S/C28H29Cl2N5O/c29-22-7-1-4-19(12-22)15-33-10-3-6-21(17-33)26-14-27-31-25-9-11-34(16-20-5-2-8-23(30)13-20)18-24(25)28(36)35(27)32-26/h1-2,4-5,7-8,12-14,21,32H,3,6,9-11,15-18H2/t21-/m1/s1. The van der Waals surface area contributed by atoms with Crippen LogP contribution in [0, 0.1) is 0 Å². The highest BCUT2D eigenvalue weighted by atomic mass is 35.5. The summed E-state index contributed by atoms with van der Waals surface area (Å²) in [6.07, 6.45) is 3.00. The summed E-state index contributed by atoms with van der Waals surface area (Å²) in [4.78, 5) is 23.1. The maximum absolute atomic E-state index is 13.5. The molecule has 1 saturated heterocycles. The van der Waals surface area contributed by atoms with Gasteiger partial charge in [-0.05, 0) is 54.8 Å². The van der Waals surface area contributed by atoms with Crippen molar-refractivity contribution in [3.05, 3.63) is 103 Å². The number of hydrogen-bond acceptors (Lipinski definition) is 4. The second-order valence-electron chi connectivity index (χ2n) is 10.0. The van der Waals surface area contributed by atoms with Gasteiger partial charge in [0, 0.05) is 66.9 Å². The smallest absolute Gasteiger partial charge is 0.277 e. The first-order valence-corrected chi connectivity index (χ1v) is 13.3. The molecule has 2 aliphatic heterocycles. The van der Waals surface area contributed by atoms with Crippen LogP contribution in [0.4, 0.5) is 0 Å². The van der Waals surface area contributed by atoms with Crippen molar-refractivity contribution in [2.75, 3.05) is 19.6 Å². The van der Waals surface area contributed by atoms with Crippen LogP contribution < -0.4 is 5.56 Å². The molecular weight excluding hydrogens is 493 g/mol. The van der Waals surface area contributed by atoms with Gasteiger partial charge < -0.3 is 0 Å². The number of aromatic nitrogens is 3. The Labute approximate surface area is 220 Å². The fourth-order valence-corrected chi connectivity index (χ4v) is 6.07. The number of nitrogens with one attached hydrogen (secondary N) is 1. The molecule has 8 heteroatoms. The molecular formula is C28H29Cl2N5O. The number of hydrogen-bond donors (Lipinski definition) is 1. The lowest BCUT2D eigenvalue weighted by Gasteiger charge is -2.32. The van der Waals surface area contributed by atoms with Crippen molar-refractivity contribution in [2.45, 2.75) is 44.8 Å². The Balaban J connectivity index is 1.21. The van der Waals surface area contributed by atoms with Crippen LogP contribution in [0.15, 0.2) is 59.4 Å². The van der Waals surface area contributed by atoms with E-state index in [1.165, 1.54) is 5.56 Å². The van der Waals surface area contributed by atoms with E-state index in [1.54, 1.807) is 4.52 Å². The predicted molar refractivity (Wildman–Crippen MR) is 144 cm³/mol. The first-order valence-electron chi connectivity index (χ1n) is 12.6. The zero-order chi connectivity index (χ0) is 24.6. The third-order valence-corrected chi connectivity index (χ3v) is 7.87.